The van der Waals surface area contributed by atoms with E-state index in [1.54, 1.807) is 27.7 Å². The molecule has 0 bridgehead atoms. The minimum absolute atomic E-state index is 0. The summed E-state index contributed by atoms with van der Waals surface area (Å²) in [7, 11) is 0. The summed E-state index contributed by atoms with van der Waals surface area (Å²) in [6.45, 7) is 17.6. The molecular formula is C30H36O4Ru. The molecule has 0 atom stereocenters. The van der Waals surface area contributed by atoms with E-state index in [1.165, 1.54) is 11.1 Å². The maximum Gasteiger partial charge on any atom is 2.00 e. The number of benzene rings is 3. The van der Waals surface area contributed by atoms with E-state index >= 15 is 0 Å². The Morgan fingerprint density at radius 2 is 0.857 bits per heavy atom. The topological polar surface area (TPSA) is 80.3 Å². The molecule has 5 heteroatoms. The Morgan fingerprint density at radius 1 is 0.571 bits per heavy atom. The van der Waals surface area contributed by atoms with Crippen molar-refractivity contribution in [2.75, 3.05) is 0 Å². The van der Waals surface area contributed by atoms with Gasteiger partial charge in [0.1, 0.15) is 0 Å². The molecule has 0 spiro atoms. The van der Waals surface area contributed by atoms with Crippen LogP contribution in [0.5, 0.6) is 0 Å². The van der Waals surface area contributed by atoms with Gasteiger partial charge in [0.15, 0.2) is 0 Å². The van der Waals surface area contributed by atoms with Crippen LogP contribution in [0, 0.1) is 48.5 Å². The summed E-state index contributed by atoms with van der Waals surface area (Å²) in [5, 5.41) is 21.3. The second-order valence-electron chi connectivity index (χ2n) is 9.19. The quantitative estimate of drug-likeness (QED) is 0.419. The first-order chi connectivity index (χ1) is 15.7. The molecule has 0 aliphatic rings. The third-order valence-electron chi connectivity index (χ3n) is 5.51. The maximum atomic E-state index is 10.6. The van der Waals surface area contributed by atoms with Crippen LogP contribution in [-0.4, -0.2) is 11.9 Å². The largest absolute Gasteiger partial charge is 2.00 e. The van der Waals surface area contributed by atoms with E-state index in [9.17, 15) is 19.8 Å². The summed E-state index contributed by atoms with van der Waals surface area (Å²) in [6.07, 6.45) is 0. The molecule has 0 aliphatic heterocycles. The molecule has 4 nitrogen and oxygen atoms in total. The van der Waals surface area contributed by atoms with Gasteiger partial charge in [-0.05, 0) is 82.2 Å². The van der Waals surface area contributed by atoms with Crippen LogP contribution in [0.1, 0.15) is 85.0 Å². The number of carboxylic acids is 2. The second-order valence-corrected chi connectivity index (χ2v) is 9.19. The van der Waals surface area contributed by atoms with Crippen LogP contribution >= 0.6 is 0 Å². The fourth-order valence-corrected chi connectivity index (χ4v) is 3.96. The smallest absolute Gasteiger partial charge is 0.545 e. The van der Waals surface area contributed by atoms with Crippen LogP contribution in [0.2, 0.25) is 0 Å². The van der Waals surface area contributed by atoms with Gasteiger partial charge in [-0.15, -0.1) is 0 Å². The first kappa shape index (κ1) is 32.2. The van der Waals surface area contributed by atoms with Crippen molar-refractivity contribution in [2.45, 2.75) is 68.2 Å². The molecule has 0 aromatic heterocycles. The SMILES string of the molecule is Cc1cc(C)c(C(=O)[O-])c(C)c1.Cc1cc(C)c(C(=O)[O-])c(C)c1.Cc1ccc(C(C)C)cc1.[Ru+2]. The number of rotatable bonds is 3. The number of carbonyl (C=O) groups is 2. The number of aromatic carboxylic acids is 2. The van der Waals surface area contributed by atoms with Gasteiger partial charge >= 0.3 is 19.5 Å². The molecule has 188 valence electrons. The standard InChI is InChI=1S/2C10H12O2.C10H14.Ru/c2*1-6-4-7(2)9(10(11)12)8(3)5-6;1-8(2)10-6-4-9(3)5-7-10;/h2*4-5H,1-3H3,(H,11,12);4-8H,1-3H3;/q;;;+2/p-2. The molecule has 3 aromatic carbocycles. The van der Waals surface area contributed by atoms with Gasteiger partial charge in [0, 0.05) is 11.1 Å². The van der Waals surface area contributed by atoms with Crippen LogP contribution in [0.4, 0.5) is 0 Å². The van der Waals surface area contributed by atoms with Crippen molar-refractivity contribution in [3.8, 4) is 0 Å². The van der Waals surface area contributed by atoms with E-state index in [-0.39, 0.29) is 19.5 Å². The third-order valence-corrected chi connectivity index (χ3v) is 5.51. The van der Waals surface area contributed by atoms with Crippen LogP contribution in [0.25, 0.3) is 0 Å². The average Bonchev–Trinajstić information content (AvgIpc) is 2.67. The molecule has 0 aliphatic carbocycles. The van der Waals surface area contributed by atoms with Crippen molar-refractivity contribution < 1.29 is 39.3 Å². The number of aryl methyl sites for hydroxylation is 7. The zero-order valence-electron chi connectivity index (χ0n) is 22.2. The van der Waals surface area contributed by atoms with Gasteiger partial charge in [-0.2, -0.15) is 0 Å². The molecular weight excluding hydrogens is 525 g/mol. The summed E-state index contributed by atoms with van der Waals surface area (Å²) in [4.78, 5) is 21.3. The normalized spacial score (nSPS) is 9.77. The van der Waals surface area contributed by atoms with Crippen molar-refractivity contribution >= 4 is 11.9 Å². The molecule has 3 aromatic rings. The van der Waals surface area contributed by atoms with Gasteiger partial charge in [0.05, 0.1) is 11.9 Å². The van der Waals surface area contributed by atoms with Crippen molar-refractivity contribution in [1.82, 2.24) is 0 Å². The molecule has 0 heterocycles. The Balaban J connectivity index is 0.000000491. The summed E-state index contributed by atoms with van der Waals surface area (Å²) >= 11 is 0. The fraction of sp³-hybridized carbons (Fsp3) is 0.333. The summed E-state index contributed by atoms with van der Waals surface area (Å²) in [5.74, 6) is -1.53. The van der Waals surface area contributed by atoms with E-state index in [0.29, 0.717) is 17.0 Å². The Bertz CT molecular complexity index is 1030. The van der Waals surface area contributed by atoms with Crippen LogP contribution in [0.3, 0.4) is 0 Å². The Morgan fingerprint density at radius 3 is 1.09 bits per heavy atom. The van der Waals surface area contributed by atoms with Crippen LogP contribution in [-0.2, 0) is 19.5 Å². The average molecular weight is 562 g/mol. The number of carboxylic acid groups (broad SMARTS) is 2. The van der Waals surface area contributed by atoms with Crippen LogP contribution < -0.4 is 10.2 Å². The molecule has 0 N–H and O–H groups in total. The van der Waals surface area contributed by atoms with Gasteiger partial charge in [-0.3, -0.25) is 0 Å². The monoisotopic (exact) mass is 562 g/mol. The van der Waals surface area contributed by atoms with E-state index in [1.807, 2.05) is 38.1 Å². The summed E-state index contributed by atoms with van der Waals surface area (Å²) in [6, 6.07) is 16.1. The number of hydrogen-bond acceptors (Lipinski definition) is 4. The van der Waals surface area contributed by atoms with Gasteiger partial charge in [0.2, 0.25) is 0 Å². The number of hydrogen-bond donors (Lipinski definition) is 0. The first-order valence-electron chi connectivity index (χ1n) is 11.4. The molecule has 0 saturated heterocycles. The zero-order chi connectivity index (χ0) is 26.2. The second kappa shape index (κ2) is 14.6. The molecule has 3 rings (SSSR count). The van der Waals surface area contributed by atoms with E-state index in [2.05, 4.69) is 45.0 Å². The first-order valence-corrected chi connectivity index (χ1v) is 11.4. The summed E-state index contributed by atoms with van der Waals surface area (Å²) < 4.78 is 0. The minimum Gasteiger partial charge on any atom is -0.545 e. The molecule has 0 radical (unpaired) electrons. The van der Waals surface area contributed by atoms with E-state index in [4.69, 9.17) is 0 Å². The fourth-order valence-electron chi connectivity index (χ4n) is 3.96. The molecule has 0 amide bonds. The molecule has 0 unspecified atom stereocenters. The van der Waals surface area contributed by atoms with Gasteiger partial charge in [-0.25, -0.2) is 0 Å². The minimum atomic E-state index is -1.09. The van der Waals surface area contributed by atoms with Crippen molar-refractivity contribution in [3.63, 3.8) is 0 Å². The van der Waals surface area contributed by atoms with Gasteiger partial charge < -0.3 is 19.8 Å². The molecule has 0 fully saturated rings. The van der Waals surface area contributed by atoms with E-state index < -0.39 is 11.9 Å². The number of carbonyl (C=O) groups excluding carboxylic acids is 2. The summed E-state index contributed by atoms with van der Waals surface area (Å²) in [5.41, 5.74) is 8.64. The molecule has 0 saturated carbocycles. The third kappa shape index (κ3) is 10.2. The van der Waals surface area contributed by atoms with E-state index in [0.717, 1.165) is 33.4 Å². The Hall–Kier alpha value is -2.78. The van der Waals surface area contributed by atoms with Crippen LogP contribution in [0.15, 0.2) is 48.5 Å². The van der Waals surface area contributed by atoms with Crippen molar-refractivity contribution in [2.24, 2.45) is 0 Å². The van der Waals surface area contributed by atoms with Gasteiger partial charge in [0.25, 0.3) is 0 Å². The Labute approximate surface area is 223 Å². The van der Waals surface area contributed by atoms with Crippen molar-refractivity contribution in [1.29, 1.82) is 0 Å². The zero-order valence-corrected chi connectivity index (χ0v) is 23.9. The Kier molecular flexibility index (Phi) is 13.4. The predicted octanol–water partition coefficient (Wildman–Crippen LogP) is 5.07. The predicted molar refractivity (Wildman–Crippen MR) is 135 cm³/mol. The van der Waals surface area contributed by atoms with Crippen molar-refractivity contribution in [3.05, 3.63) is 104 Å². The van der Waals surface area contributed by atoms with Gasteiger partial charge in [-0.1, -0.05) is 79.1 Å². The maximum absolute atomic E-state index is 10.6. The molecule has 35 heavy (non-hydrogen) atoms.